The number of methoxy groups -OCH3 is 1. The monoisotopic (exact) mass is 253 g/mol. The zero-order valence-electron chi connectivity index (χ0n) is 11.1. The van der Waals surface area contributed by atoms with Crippen molar-refractivity contribution in [1.29, 1.82) is 0 Å². The molecule has 0 spiro atoms. The van der Waals surface area contributed by atoms with Gasteiger partial charge >= 0.3 is 5.97 Å². The van der Waals surface area contributed by atoms with Crippen molar-refractivity contribution >= 4 is 11.7 Å². The third-order valence-corrected chi connectivity index (χ3v) is 2.78. The number of benzene rings is 1. The first-order chi connectivity index (χ1) is 8.58. The molecule has 0 aliphatic rings. The molecule has 0 fully saturated rings. The Morgan fingerprint density at radius 2 is 2.22 bits per heavy atom. The molecule has 1 aromatic carbocycles. The van der Waals surface area contributed by atoms with Crippen molar-refractivity contribution in [3.8, 4) is 0 Å². The third kappa shape index (κ3) is 4.02. The molecule has 4 heteroatoms. The second-order valence-electron chi connectivity index (χ2n) is 4.35. The first-order valence-corrected chi connectivity index (χ1v) is 6.19. The van der Waals surface area contributed by atoms with Gasteiger partial charge in [0.25, 0.3) is 0 Å². The summed E-state index contributed by atoms with van der Waals surface area (Å²) in [6.45, 7) is 3.92. The summed E-state index contributed by atoms with van der Waals surface area (Å²) in [6.07, 6.45) is 2.50. The van der Waals surface area contributed by atoms with Gasteiger partial charge < -0.3 is 10.1 Å². The molecule has 18 heavy (non-hydrogen) atoms. The summed E-state index contributed by atoms with van der Waals surface area (Å²) in [5, 5.41) is 2.92. The molecule has 1 unspecified atom stereocenters. The van der Waals surface area contributed by atoms with Gasteiger partial charge in [-0.05, 0) is 31.0 Å². The normalized spacial score (nSPS) is 12.0. The van der Waals surface area contributed by atoms with E-state index < -0.39 is 6.04 Å². The van der Waals surface area contributed by atoms with Gasteiger partial charge in [0.15, 0.2) is 0 Å². The number of unbranched alkanes of at least 4 members (excludes halogenated alkanes) is 1. The molecule has 0 amide bonds. The Hall–Kier alpha value is -1.58. The van der Waals surface area contributed by atoms with E-state index in [9.17, 15) is 9.18 Å². The first kappa shape index (κ1) is 14.5. The summed E-state index contributed by atoms with van der Waals surface area (Å²) in [5.41, 5.74) is 1.29. The Kier molecular flexibility index (Phi) is 5.62. The van der Waals surface area contributed by atoms with E-state index in [1.807, 2.05) is 13.8 Å². The molecular weight excluding hydrogens is 233 g/mol. The summed E-state index contributed by atoms with van der Waals surface area (Å²) < 4.78 is 18.3. The predicted molar refractivity (Wildman–Crippen MR) is 70.1 cm³/mol. The van der Waals surface area contributed by atoms with Gasteiger partial charge in [-0.3, -0.25) is 0 Å². The van der Waals surface area contributed by atoms with E-state index in [-0.39, 0.29) is 11.8 Å². The first-order valence-electron chi connectivity index (χ1n) is 6.19. The highest BCUT2D eigenvalue weighted by Gasteiger charge is 2.19. The van der Waals surface area contributed by atoms with Crippen LogP contribution in [0, 0.1) is 12.7 Å². The van der Waals surface area contributed by atoms with Crippen molar-refractivity contribution in [3.05, 3.63) is 29.6 Å². The van der Waals surface area contributed by atoms with Gasteiger partial charge in [0.2, 0.25) is 0 Å². The maximum absolute atomic E-state index is 13.6. The molecule has 0 aromatic heterocycles. The number of esters is 1. The van der Waals surface area contributed by atoms with E-state index >= 15 is 0 Å². The minimum atomic E-state index is -0.494. The number of carbonyl (C=O) groups is 1. The summed E-state index contributed by atoms with van der Waals surface area (Å²) in [5.74, 6) is -0.713. The molecule has 0 heterocycles. The largest absolute Gasteiger partial charge is 0.467 e. The van der Waals surface area contributed by atoms with Crippen molar-refractivity contribution in [2.24, 2.45) is 0 Å². The molecule has 0 radical (unpaired) electrons. The van der Waals surface area contributed by atoms with E-state index in [4.69, 9.17) is 4.74 Å². The number of anilines is 1. The molecule has 0 saturated carbocycles. The molecule has 0 saturated heterocycles. The third-order valence-electron chi connectivity index (χ3n) is 2.78. The minimum Gasteiger partial charge on any atom is -0.467 e. The number of rotatable bonds is 6. The zero-order valence-corrected chi connectivity index (χ0v) is 11.1. The summed E-state index contributed by atoms with van der Waals surface area (Å²) in [4.78, 5) is 11.6. The number of hydrogen-bond acceptors (Lipinski definition) is 3. The van der Waals surface area contributed by atoms with Crippen molar-refractivity contribution in [2.75, 3.05) is 12.4 Å². The number of halogens is 1. The second-order valence-corrected chi connectivity index (χ2v) is 4.35. The van der Waals surface area contributed by atoms with E-state index in [0.29, 0.717) is 12.1 Å². The second kappa shape index (κ2) is 6.99. The van der Waals surface area contributed by atoms with Gasteiger partial charge in [-0.15, -0.1) is 0 Å². The SMILES string of the molecule is CCCCC(Nc1cc(C)ccc1F)C(=O)OC. The maximum Gasteiger partial charge on any atom is 0.328 e. The smallest absolute Gasteiger partial charge is 0.328 e. The summed E-state index contributed by atoms with van der Waals surface area (Å²) in [7, 11) is 1.34. The lowest BCUT2D eigenvalue weighted by molar-refractivity contribution is -0.141. The molecule has 0 bridgehead atoms. The van der Waals surface area contributed by atoms with Crippen LogP contribution in [0.5, 0.6) is 0 Å². The van der Waals surface area contributed by atoms with Gasteiger partial charge in [0, 0.05) is 0 Å². The topological polar surface area (TPSA) is 38.3 Å². The fourth-order valence-electron chi connectivity index (χ4n) is 1.74. The molecule has 100 valence electrons. The van der Waals surface area contributed by atoms with Crippen molar-refractivity contribution in [3.63, 3.8) is 0 Å². The Morgan fingerprint density at radius 1 is 1.50 bits per heavy atom. The van der Waals surface area contributed by atoms with Crippen LogP contribution in [0.25, 0.3) is 0 Å². The average molecular weight is 253 g/mol. The number of aryl methyl sites for hydroxylation is 1. The summed E-state index contributed by atoms with van der Waals surface area (Å²) in [6, 6.07) is 4.29. The van der Waals surface area contributed by atoms with E-state index in [2.05, 4.69) is 5.32 Å². The Bertz CT molecular complexity index is 407. The molecule has 0 aliphatic heterocycles. The molecule has 0 aliphatic carbocycles. The van der Waals surface area contributed by atoms with Crippen LogP contribution in [0.3, 0.4) is 0 Å². The number of nitrogens with one attached hydrogen (secondary N) is 1. The van der Waals surface area contributed by atoms with Gasteiger partial charge in [0.05, 0.1) is 12.8 Å². The molecule has 3 nitrogen and oxygen atoms in total. The average Bonchev–Trinajstić information content (AvgIpc) is 2.37. The fourth-order valence-corrected chi connectivity index (χ4v) is 1.74. The van der Waals surface area contributed by atoms with E-state index in [0.717, 1.165) is 18.4 Å². The van der Waals surface area contributed by atoms with Crippen LogP contribution in [0.15, 0.2) is 18.2 Å². The molecule has 1 N–H and O–H groups in total. The molecule has 1 aromatic rings. The lowest BCUT2D eigenvalue weighted by Gasteiger charge is -2.18. The molecule has 1 rings (SSSR count). The molecular formula is C14H20FNO2. The maximum atomic E-state index is 13.6. The summed E-state index contributed by atoms with van der Waals surface area (Å²) >= 11 is 0. The van der Waals surface area contributed by atoms with Gasteiger partial charge in [-0.1, -0.05) is 25.8 Å². The lowest BCUT2D eigenvalue weighted by atomic mass is 10.1. The van der Waals surface area contributed by atoms with Crippen LogP contribution in [-0.4, -0.2) is 19.1 Å². The number of hydrogen-bond donors (Lipinski definition) is 1. The Morgan fingerprint density at radius 3 is 2.83 bits per heavy atom. The van der Waals surface area contributed by atoms with Gasteiger partial charge in [0.1, 0.15) is 11.9 Å². The highest BCUT2D eigenvalue weighted by Crippen LogP contribution is 2.18. The van der Waals surface area contributed by atoms with E-state index in [1.165, 1.54) is 13.2 Å². The highest BCUT2D eigenvalue weighted by molar-refractivity contribution is 5.79. The van der Waals surface area contributed by atoms with Crippen molar-refractivity contribution in [2.45, 2.75) is 39.2 Å². The fraction of sp³-hybridized carbons (Fsp3) is 0.500. The quantitative estimate of drug-likeness (QED) is 0.791. The van der Waals surface area contributed by atoms with Crippen molar-refractivity contribution < 1.29 is 13.9 Å². The van der Waals surface area contributed by atoms with Gasteiger partial charge in [-0.2, -0.15) is 0 Å². The minimum absolute atomic E-state index is 0.349. The lowest BCUT2D eigenvalue weighted by Crippen LogP contribution is -2.31. The standard InChI is InChI=1S/C14H20FNO2/c1-4-5-6-12(14(17)18-3)16-13-9-10(2)7-8-11(13)15/h7-9,12,16H,4-6H2,1-3H3. The zero-order chi connectivity index (χ0) is 13.5. The molecule has 1 atom stereocenters. The van der Waals surface area contributed by atoms with Crippen LogP contribution < -0.4 is 5.32 Å². The van der Waals surface area contributed by atoms with Crippen molar-refractivity contribution in [1.82, 2.24) is 0 Å². The van der Waals surface area contributed by atoms with E-state index in [1.54, 1.807) is 12.1 Å². The number of carbonyl (C=O) groups excluding carboxylic acids is 1. The predicted octanol–water partition coefficient (Wildman–Crippen LogP) is 3.28. The van der Waals surface area contributed by atoms with Crippen LogP contribution >= 0.6 is 0 Å². The Balaban J connectivity index is 2.81. The van der Waals surface area contributed by atoms with Crippen LogP contribution in [0.1, 0.15) is 31.7 Å². The van der Waals surface area contributed by atoms with Gasteiger partial charge in [-0.25, -0.2) is 9.18 Å². The highest BCUT2D eigenvalue weighted by atomic mass is 19.1. The Labute approximate surface area is 107 Å². The van der Waals surface area contributed by atoms with Crippen LogP contribution in [0.2, 0.25) is 0 Å². The van der Waals surface area contributed by atoms with Crippen LogP contribution in [-0.2, 0) is 9.53 Å². The van der Waals surface area contributed by atoms with Crippen LogP contribution in [0.4, 0.5) is 10.1 Å². The number of ether oxygens (including phenoxy) is 1.